The van der Waals surface area contributed by atoms with Gasteiger partial charge in [-0.3, -0.25) is 4.79 Å². The van der Waals surface area contributed by atoms with Gasteiger partial charge in [0.05, 0.1) is 14.2 Å². The minimum atomic E-state index is -0.909. The molecule has 7 heteroatoms. The number of benzene rings is 2. The molecule has 2 aromatic carbocycles. The van der Waals surface area contributed by atoms with Crippen LogP contribution in [0.1, 0.15) is 57.6 Å². The molecular formula is C27H38N2O5. The number of unbranched alkanes of at least 4 members (excludes halogenated alkanes) is 2. The fourth-order valence-corrected chi connectivity index (χ4v) is 3.73. The van der Waals surface area contributed by atoms with Crippen molar-refractivity contribution < 1.29 is 24.2 Å². The Balaban J connectivity index is 1.97. The maximum atomic E-state index is 13.1. The molecule has 1 N–H and O–H groups in total. The van der Waals surface area contributed by atoms with Gasteiger partial charge in [0.1, 0.15) is 11.5 Å². The van der Waals surface area contributed by atoms with Gasteiger partial charge in [0.15, 0.2) is 0 Å². The summed E-state index contributed by atoms with van der Waals surface area (Å²) in [7, 11) is 3.26. The number of carboxylic acid groups (broad SMARTS) is 1. The van der Waals surface area contributed by atoms with Gasteiger partial charge in [-0.1, -0.05) is 30.7 Å². The molecule has 0 saturated carbocycles. The third-order valence-corrected chi connectivity index (χ3v) is 5.73. The molecule has 2 amide bonds. The largest absolute Gasteiger partial charge is 0.497 e. The second kappa shape index (κ2) is 12.9. The van der Waals surface area contributed by atoms with E-state index in [9.17, 15) is 14.7 Å². The van der Waals surface area contributed by atoms with Crippen molar-refractivity contribution in [2.75, 3.05) is 20.8 Å². The molecule has 0 fully saturated rings. The molecule has 0 bridgehead atoms. The Morgan fingerprint density at radius 1 is 0.794 bits per heavy atom. The van der Waals surface area contributed by atoms with Crippen molar-refractivity contribution in [1.82, 2.24) is 9.80 Å². The standard InChI is InChI=1S/C27H38N2O5/c1-27(2,3)29(26(31)32)18-8-6-7-9-25(30)28(19-21-10-14-23(33-4)15-11-21)20-22-12-16-24(34-5)17-13-22/h10-17H,6-9,18-20H2,1-5H3,(H,31,32). The highest BCUT2D eigenvalue weighted by molar-refractivity contribution is 5.76. The Morgan fingerprint density at radius 3 is 1.65 bits per heavy atom. The number of ether oxygens (including phenoxy) is 2. The van der Waals surface area contributed by atoms with E-state index in [0.717, 1.165) is 41.9 Å². The van der Waals surface area contributed by atoms with Crippen LogP contribution in [0.25, 0.3) is 0 Å². The predicted octanol–water partition coefficient (Wildman–Crippen LogP) is 5.57. The highest BCUT2D eigenvalue weighted by Gasteiger charge is 2.25. The van der Waals surface area contributed by atoms with Crippen molar-refractivity contribution >= 4 is 12.0 Å². The van der Waals surface area contributed by atoms with Crippen molar-refractivity contribution in [3.05, 3.63) is 59.7 Å². The number of rotatable bonds is 12. The molecular weight excluding hydrogens is 432 g/mol. The number of methoxy groups -OCH3 is 2. The highest BCUT2D eigenvalue weighted by atomic mass is 16.5. The Bertz CT molecular complexity index is 855. The molecule has 2 rings (SSSR count). The maximum Gasteiger partial charge on any atom is 0.407 e. The van der Waals surface area contributed by atoms with E-state index in [-0.39, 0.29) is 5.91 Å². The normalized spacial score (nSPS) is 11.1. The van der Waals surface area contributed by atoms with Gasteiger partial charge in [-0.2, -0.15) is 0 Å². The predicted molar refractivity (Wildman–Crippen MR) is 133 cm³/mol. The lowest BCUT2D eigenvalue weighted by Gasteiger charge is -2.33. The molecule has 0 aliphatic carbocycles. The molecule has 0 aromatic heterocycles. The lowest BCUT2D eigenvalue weighted by atomic mass is 10.1. The van der Waals surface area contributed by atoms with E-state index in [4.69, 9.17) is 9.47 Å². The minimum Gasteiger partial charge on any atom is -0.497 e. The van der Waals surface area contributed by atoms with Gasteiger partial charge >= 0.3 is 6.09 Å². The molecule has 2 aromatic rings. The van der Waals surface area contributed by atoms with Crippen LogP contribution in [0.15, 0.2) is 48.5 Å². The third kappa shape index (κ3) is 8.61. The molecule has 0 unspecified atom stereocenters. The summed E-state index contributed by atoms with van der Waals surface area (Å²) in [6.45, 7) is 7.15. The number of carbonyl (C=O) groups excluding carboxylic acids is 1. The van der Waals surface area contributed by atoms with Gasteiger partial charge in [0, 0.05) is 31.6 Å². The van der Waals surface area contributed by atoms with Crippen LogP contribution in [0.3, 0.4) is 0 Å². The zero-order valence-corrected chi connectivity index (χ0v) is 21.0. The van der Waals surface area contributed by atoms with Crippen LogP contribution in [-0.4, -0.2) is 53.2 Å². The van der Waals surface area contributed by atoms with Crippen LogP contribution in [-0.2, 0) is 17.9 Å². The van der Waals surface area contributed by atoms with Gasteiger partial charge in [0.2, 0.25) is 5.91 Å². The Morgan fingerprint density at radius 2 is 1.26 bits per heavy atom. The molecule has 34 heavy (non-hydrogen) atoms. The van der Waals surface area contributed by atoms with E-state index < -0.39 is 11.6 Å². The number of carbonyl (C=O) groups is 2. The SMILES string of the molecule is COc1ccc(CN(Cc2ccc(OC)cc2)C(=O)CCCCCN(C(=O)O)C(C)(C)C)cc1. The second-order valence-corrected chi connectivity index (χ2v) is 9.36. The van der Waals surface area contributed by atoms with Crippen LogP contribution >= 0.6 is 0 Å². The second-order valence-electron chi connectivity index (χ2n) is 9.36. The average Bonchev–Trinajstić information content (AvgIpc) is 2.80. The summed E-state index contributed by atoms with van der Waals surface area (Å²) >= 11 is 0. The Labute approximate surface area is 203 Å². The summed E-state index contributed by atoms with van der Waals surface area (Å²) in [4.78, 5) is 27.9. The number of amides is 2. The van der Waals surface area contributed by atoms with Crippen LogP contribution in [0.2, 0.25) is 0 Å². The number of hydrogen-bond acceptors (Lipinski definition) is 4. The first-order chi connectivity index (χ1) is 16.1. The van der Waals surface area contributed by atoms with E-state index in [1.165, 1.54) is 4.90 Å². The fourth-order valence-electron chi connectivity index (χ4n) is 3.73. The number of nitrogens with zero attached hydrogens (tertiary/aromatic N) is 2. The highest BCUT2D eigenvalue weighted by Crippen LogP contribution is 2.19. The van der Waals surface area contributed by atoms with E-state index >= 15 is 0 Å². The Hall–Kier alpha value is -3.22. The zero-order chi connectivity index (χ0) is 25.1. The van der Waals surface area contributed by atoms with E-state index in [0.29, 0.717) is 26.1 Å². The van der Waals surface area contributed by atoms with Crippen molar-refractivity contribution in [1.29, 1.82) is 0 Å². The first-order valence-corrected chi connectivity index (χ1v) is 11.7. The smallest absolute Gasteiger partial charge is 0.407 e. The van der Waals surface area contributed by atoms with Gasteiger partial charge in [-0.25, -0.2) is 4.79 Å². The van der Waals surface area contributed by atoms with E-state index in [1.807, 2.05) is 74.2 Å². The van der Waals surface area contributed by atoms with Gasteiger partial charge in [-0.15, -0.1) is 0 Å². The third-order valence-electron chi connectivity index (χ3n) is 5.73. The number of hydrogen-bond donors (Lipinski definition) is 1. The van der Waals surface area contributed by atoms with Crippen molar-refractivity contribution in [3.8, 4) is 11.5 Å². The summed E-state index contributed by atoms with van der Waals surface area (Å²) in [5, 5.41) is 9.42. The molecule has 7 nitrogen and oxygen atoms in total. The van der Waals surface area contributed by atoms with Crippen molar-refractivity contribution in [2.24, 2.45) is 0 Å². The molecule has 0 radical (unpaired) electrons. The summed E-state index contributed by atoms with van der Waals surface area (Å²) in [5.74, 6) is 1.64. The lowest BCUT2D eigenvalue weighted by molar-refractivity contribution is -0.132. The first-order valence-electron chi connectivity index (χ1n) is 11.7. The van der Waals surface area contributed by atoms with Gasteiger partial charge in [0.25, 0.3) is 0 Å². The summed E-state index contributed by atoms with van der Waals surface area (Å²) in [6.07, 6.45) is 1.76. The summed E-state index contributed by atoms with van der Waals surface area (Å²) < 4.78 is 10.5. The topological polar surface area (TPSA) is 79.3 Å². The van der Waals surface area contributed by atoms with Crippen LogP contribution in [0, 0.1) is 0 Å². The van der Waals surface area contributed by atoms with Crippen LogP contribution < -0.4 is 9.47 Å². The molecule has 0 heterocycles. The molecule has 0 spiro atoms. The molecule has 0 aliphatic rings. The quantitative estimate of drug-likeness (QED) is 0.410. The van der Waals surface area contributed by atoms with Crippen molar-refractivity contribution in [2.45, 2.75) is 65.1 Å². The van der Waals surface area contributed by atoms with Crippen molar-refractivity contribution in [3.63, 3.8) is 0 Å². The Kier molecular flexibility index (Phi) is 10.2. The molecule has 0 atom stereocenters. The maximum absolute atomic E-state index is 13.1. The van der Waals surface area contributed by atoms with Crippen LogP contribution in [0.5, 0.6) is 11.5 Å². The van der Waals surface area contributed by atoms with E-state index in [2.05, 4.69) is 0 Å². The molecule has 186 valence electrons. The molecule has 0 saturated heterocycles. The van der Waals surface area contributed by atoms with Crippen LogP contribution in [0.4, 0.5) is 4.79 Å². The minimum absolute atomic E-state index is 0.0811. The lowest BCUT2D eigenvalue weighted by Crippen LogP contribution is -2.45. The first kappa shape index (κ1) is 27.0. The summed E-state index contributed by atoms with van der Waals surface area (Å²) in [6, 6.07) is 15.5. The monoisotopic (exact) mass is 470 g/mol. The average molecular weight is 471 g/mol. The fraction of sp³-hybridized carbons (Fsp3) is 0.481. The van der Waals surface area contributed by atoms with E-state index in [1.54, 1.807) is 14.2 Å². The zero-order valence-electron chi connectivity index (χ0n) is 21.0. The van der Waals surface area contributed by atoms with Gasteiger partial charge in [-0.05, 0) is 69.0 Å². The van der Waals surface area contributed by atoms with Gasteiger partial charge < -0.3 is 24.4 Å². The molecule has 0 aliphatic heterocycles. The summed E-state index contributed by atoms with van der Waals surface area (Å²) in [5.41, 5.74) is 1.63.